The molecule has 6 heteroatoms. The van der Waals surface area contributed by atoms with Gasteiger partial charge in [0.2, 0.25) is 0 Å². The Hall–Kier alpha value is -3.41. The zero-order chi connectivity index (χ0) is 19.2. The lowest BCUT2D eigenvalue weighted by Crippen LogP contribution is -2.18. The van der Waals surface area contributed by atoms with Crippen molar-refractivity contribution in [2.45, 2.75) is 13.5 Å². The topological polar surface area (TPSA) is 70.4 Å². The Bertz CT molecular complexity index is 931. The third-order valence-electron chi connectivity index (χ3n) is 4.04. The number of Topliss-reactive ketones (excluding diaryl/α,β-unsaturated/α-hetero) is 1. The number of esters is 1. The first-order valence-corrected chi connectivity index (χ1v) is 8.60. The van der Waals surface area contributed by atoms with Gasteiger partial charge >= 0.3 is 5.97 Å². The molecule has 0 radical (unpaired) electrons. The molecule has 27 heavy (non-hydrogen) atoms. The van der Waals surface area contributed by atoms with Crippen LogP contribution in [0.4, 0.5) is 0 Å². The van der Waals surface area contributed by atoms with E-state index in [9.17, 15) is 9.59 Å². The standard InChI is InChI=1S/C21H20N2O4/c1-3-27-21(25)19-13-18(15-9-11-17(26-2)12-10-15)22-23(19)14-20(24)16-7-5-4-6-8-16/h4-13H,3,14H2,1-2H3. The number of ketones is 1. The SMILES string of the molecule is CCOC(=O)c1cc(-c2ccc(OC)cc2)nn1CC(=O)c1ccccc1. The molecule has 0 fully saturated rings. The smallest absolute Gasteiger partial charge is 0.356 e. The number of hydrogen-bond acceptors (Lipinski definition) is 5. The van der Waals surface area contributed by atoms with Crippen LogP contribution in [0.25, 0.3) is 11.3 Å². The maximum absolute atomic E-state index is 12.5. The summed E-state index contributed by atoms with van der Waals surface area (Å²) in [6.07, 6.45) is 0. The van der Waals surface area contributed by atoms with Crippen molar-refractivity contribution in [3.05, 3.63) is 71.9 Å². The highest BCUT2D eigenvalue weighted by Gasteiger charge is 2.19. The molecule has 0 bridgehead atoms. The number of benzene rings is 2. The molecule has 138 valence electrons. The number of methoxy groups -OCH3 is 1. The largest absolute Gasteiger partial charge is 0.497 e. The first-order valence-electron chi connectivity index (χ1n) is 8.60. The minimum absolute atomic E-state index is 0.0473. The average molecular weight is 364 g/mol. The van der Waals surface area contributed by atoms with E-state index in [-0.39, 0.29) is 24.6 Å². The summed E-state index contributed by atoms with van der Waals surface area (Å²) >= 11 is 0. The summed E-state index contributed by atoms with van der Waals surface area (Å²) in [5.41, 5.74) is 2.20. The molecular formula is C21H20N2O4. The van der Waals surface area contributed by atoms with Crippen molar-refractivity contribution in [2.24, 2.45) is 0 Å². The molecule has 1 heterocycles. The van der Waals surface area contributed by atoms with Crippen LogP contribution < -0.4 is 4.74 Å². The van der Waals surface area contributed by atoms with Gasteiger partial charge in [-0.15, -0.1) is 0 Å². The molecule has 0 N–H and O–H groups in total. The van der Waals surface area contributed by atoms with Gasteiger partial charge in [0, 0.05) is 11.1 Å². The molecule has 2 aromatic carbocycles. The first kappa shape index (κ1) is 18.4. The molecule has 0 saturated carbocycles. The molecule has 6 nitrogen and oxygen atoms in total. The summed E-state index contributed by atoms with van der Waals surface area (Å²) in [4.78, 5) is 24.9. The molecule has 0 unspecified atom stereocenters. The highest BCUT2D eigenvalue weighted by Crippen LogP contribution is 2.23. The van der Waals surface area contributed by atoms with Crippen LogP contribution >= 0.6 is 0 Å². The van der Waals surface area contributed by atoms with Crippen LogP contribution in [-0.2, 0) is 11.3 Å². The second kappa shape index (κ2) is 8.31. The van der Waals surface area contributed by atoms with Gasteiger partial charge in [0.25, 0.3) is 0 Å². The summed E-state index contributed by atoms with van der Waals surface area (Å²) in [7, 11) is 1.60. The Labute approximate surface area is 157 Å². The molecule has 0 spiro atoms. The summed E-state index contributed by atoms with van der Waals surface area (Å²) in [6.45, 7) is 1.93. The molecule has 1 aromatic heterocycles. The van der Waals surface area contributed by atoms with E-state index in [0.29, 0.717) is 11.3 Å². The van der Waals surface area contributed by atoms with Gasteiger partial charge in [-0.05, 0) is 37.3 Å². The first-order chi connectivity index (χ1) is 13.1. The Kier molecular flexibility index (Phi) is 5.66. The van der Waals surface area contributed by atoms with Gasteiger partial charge in [-0.25, -0.2) is 9.48 Å². The van der Waals surface area contributed by atoms with E-state index in [1.54, 1.807) is 44.4 Å². The Morgan fingerprint density at radius 1 is 1.04 bits per heavy atom. The van der Waals surface area contributed by atoms with Crippen LogP contribution in [-0.4, -0.2) is 35.2 Å². The van der Waals surface area contributed by atoms with Gasteiger partial charge in [0.1, 0.15) is 18.0 Å². The number of nitrogens with zero attached hydrogens (tertiary/aromatic N) is 2. The van der Waals surface area contributed by atoms with Gasteiger partial charge in [-0.1, -0.05) is 30.3 Å². The summed E-state index contributed by atoms with van der Waals surface area (Å²) in [6, 6.07) is 17.9. The lowest BCUT2D eigenvalue weighted by Gasteiger charge is -2.06. The third-order valence-corrected chi connectivity index (χ3v) is 4.04. The average Bonchev–Trinajstić information content (AvgIpc) is 3.12. The Morgan fingerprint density at radius 3 is 2.37 bits per heavy atom. The Morgan fingerprint density at radius 2 is 1.74 bits per heavy atom. The lowest BCUT2D eigenvalue weighted by molar-refractivity contribution is 0.0512. The van der Waals surface area contributed by atoms with Gasteiger partial charge in [0.15, 0.2) is 5.78 Å². The van der Waals surface area contributed by atoms with E-state index in [1.165, 1.54) is 4.68 Å². The monoisotopic (exact) mass is 364 g/mol. The van der Waals surface area contributed by atoms with Crippen molar-refractivity contribution in [3.8, 4) is 17.0 Å². The highest BCUT2D eigenvalue weighted by molar-refractivity contribution is 5.97. The fraction of sp³-hybridized carbons (Fsp3) is 0.190. The van der Waals surface area contributed by atoms with E-state index in [4.69, 9.17) is 9.47 Å². The van der Waals surface area contributed by atoms with Crippen molar-refractivity contribution in [2.75, 3.05) is 13.7 Å². The zero-order valence-electron chi connectivity index (χ0n) is 15.2. The quantitative estimate of drug-likeness (QED) is 0.473. The Balaban J connectivity index is 1.94. The second-order valence-corrected chi connectivity index (χ2v) is 5.81. The fourth-order valence-corrected chi connectivity index (χ4v) is 2.66. The number of carbonyl (C=O) groups excluding carboxylic acids is 2. The van der Waals surface area contributed by atoms with E-state index in [1.807, 2.05) is 30.3 Å². The van der Waals surface area contributed by atoms with Crippen molar-refractivity contribution in [3.63, 3.8) is 0 Å². The predicted molar refractivity (Wildman–Crippen MR) is 101 cm³/mol. The van der Waals surface area contributed by atoms with Gasteiger partial charge < -0.3 is 9.47 Å². The summed E-state index contributed by atoms with van der Waals surface area (Å²) < 4.78 is 11.7. The molecule has 0 amide bonds. The van der Waals surface area contributed by atoms with Crippen LogP contribution in [0, 0.1) is 0 Å². The third kappa shape index (κ3) is 4.23. The number of carbonyl (C=O) groups is 2. The molecule has 0 aliphatic carbocycles. The van der Waals surface area contributed by atoms with Gasteiger partial charge in [-0.3, -0.25) is 4.79 Å². The van der Waals surface area contributed by atoms with Crippen LogP contribution in [0.1, 0.15) is 27.8 Å². The van der Waals surface area contributed by atoms with Crippen LogP contribution in [0.3, 0.4) is 0 Å². The van der Waals surface area contributed by atoms with E-state index < -0.39 is 5.97 Å². The molecule has 3 aromatic rings. The minimum Gasteiger partial charge on any atom is -0.497 e. The minimum atomic E-state index is -0.509. The van der Waals surface area contributed by atoms with E-state index in [2.05, 4.69) is 5.10 Å². The molecule has 0 saturated heterocycles. The fourth-order valence-electron chi connectivity index (χ4n) is 2.66. The molecule has 0 atom stereocenters. The lowest BCUT2D eigenvalue weighted by atomic mass is 10.1. The number of hydrogen-bond donors (Lipinski definition) is 0. The zero-order valence-corrected chi connectivity index (χ0v) is 15.2. The van der Waals surface area contributed by atoms with Crippen LogP contribution in [0.15, 0.2) is 60.7 Å². The van der Waals surface area contributed by atoms with Crippen molar-refractivity contribution >= 4 is 11.8 Å². The van der Waals surface area contributed by atoms with Gasteiger partial charge in [-0.2, -0.15) is 5.10 Å². The molecule has 3 rings (SSSR count). The van der Waals surface area contributed by atoms with Crippen molar-refractivity contribution in [1.29, 1.82) is 0 Å². The van der Waals surface area contributed by atoms with E-state index >= 15 is 0 Å². The maximum atomic E-state index is 12.5. The molecular weight excluding hydrogens is 344 g/mol. The number of ether oxygens (including phenoxy) is 2. The molecule has 0 aliphatic rings. The second-order valence-electron chi connectivity index (χ2n) is 5.81. The van der Waals surface area contributed by atoms with Gasteiger partial charge in [0.05, 0.1) is 19.4 Å². The van der Waals surface area contributed by atoms with E-state index in [0.717, 1.165) is 11.3 Å². The van der Waals surface area contributed by atoms with Crippen molar-refractivity contribution in [1.82, 2.24) is 9.78 Å². The predicted octanol–water partition coefficient (Wildman–Crippen LogP) is 3.62. The van der Waals surface area contributed by atoms with Crippen molar-refractivity contribution < 1.29 is 19.1 Å². The summed E-state index contributed by atoms with van der Waals surface area (Å²) in [5, 5.41) is 4.46. The van der Waals surface area contributed by atoms with Crippen LogP contribution in [0.2, 0.25) is 0 Å². The highest BCUT2D eigenvalue weighted by atomic mass is 16.5. The normalized spacial score (nSPS) is 10.4. The number of aromatic nitrogens is 2. The molecule has 0 aliphatic heterocycles. The summed E-state index contributed by atoms with van der Waals surface area (Å²) in [5.74, 6) is 0.0826. The maximum Gasteiger partial charge on any atom is 0.356 e. The van der Waals surface area contributed by atoms with Crippen LogP contribution in [0.5, 0.6) is 5.75 Å². The number of rotatable bonds is 7.